The Morgan fingerprint density at radius 3 is 2.45 bits per heavy atom. The molecule has 0 aromatic rings. The molecule has 5 unspecified atom stereocenters. The lowest BCUT2D eigenvalue weighted by molar-refractivity contribution is -0.0253. The molecule has 0 amide bonds. The molecule has 0 N–H and O–H groups in total. The topological polar surface area (TPSA) is 0 Å². The maximum absolute atomic E-state index is 4.44. The number of allylic oxidation sites excluding steroid dienone is 3. The summed E-state index contributed by atoms with van der Waals surface area (Å²) in [7, 11) is 0. The maximum atomic E-state index is 4.44. The molecule has 0 heterocycles. The summed E-state index contributed by atoms with van der Waals surface area (Å²) in [6.07, 6.45) is 15.3. The SMILES string of the molecule is C=C.C=C1CCC2C3CCC4=CCCCC4(C)C3CCC12C. The van der Waals surface area contributed by atoms with Crippen molar-refractivity contribution in [2.24, 2.45) is 28.6 Å². The zero-order chi connectivity index (χ0) is 16.0. The Bertz CT molecular complexity index is 484. The second-order valence-corrected chi connectivity index (χ2v) is 8.55. The molecule has 4 aliphatic rings. The van der Waals surface area contributed by atoms with Crippen molar-refractivity contribution in [3.05, 3.63) is 37.0 Å². The lowest BCUT2D eigenvalue weighted by Crippen LogP contribution is -2.49. The zero-order valence-corrected chi connectivity index (χ0v) is 14.8. The van der Waals surface area contributed by atoms with E-state index in [0.29, 0.717) is 10.8 Å². The molecule has 0 bridgehead atoms. The average Bonchev–Trinajstić information content (AvgIpc) is 2.84. The first kappa shape index (κ1) is 16.1. The summed E-state index contributed by atoms with van der Waals surface area (Å²) < 4.78 is 0. The van der Waals surface area contributed by atoms with Gasteiger partial charge in [-0.2, -0.15) is 0 Å². The molecule has 22 heavy (non-hydrogen) atoms. The van der Waals surface area contributed by atoms with Crippen LogP contribution in [-0.2, 0) is 0 Å². The van der Waals surface area contributed by atoms with Gasteiger partial charge in [-0.15, -0.1) is 13.2 Å². The highest BCUT2D eigenvalue weighted by Gasteiger charge is 2.56. The van der Waals surface area contributed by atoms with Crippen molar-refractivity contribution >= 4 is 0 Å². The predicted molar refractivity (Wildman–Crippen MR) is 96.7 cm³/mol. The third-order valence-electron chi connectivity index (χ3n) is 7.98. The van der Waals surface area contributed by atoms with Crippen LogP contribution in [0.5, 0.6) is 0 Å². The highest BCUT2D eigenvalue weighted by atomic mass is 14.6. The Balaban J connectivity index is 0.000000693. The largest absolute Gasteiger partial charge is 0.106 e. The normalized spacial score (nSPS) is 46.5. The van der Waals surface area contributed by atoms with E-state index in [2.05, 4.69) is 39.7 Å². The van der Waals surface area contributed by atoms with Crippen LogP contribution in [0.4, 0.5) is 0 Å². The van der Waals surface area contributed by atoms with Crippen LogP contribution in [0.1, 0.15) is 71.6 Å². The van der Waals surface area contributed by atoms with Crippen LogP contribution in [0.3, 0.4) is 0 Å². The first-order valence-electron chi connectivity index (χ1n) is 9.43. The first-order valence-corrected chi connectivity index (χ1v) is 9.43. The zero-order valence-electron chi connectivity index (χ0n) is 14.8. The molecule has 0 spiro atoms. The van der Waals surface area contributed by atoms with Crippen molar-refractivity contribution in [1.29, 1.82) is 0 Å². The van der Waals surface area contributed by atoms with Crippen LogP contribution in [0.25, 0.3) is 0 Å². The van der Waals surface area contributed by atoms with Gasteiger partial charge in [0.05, 0.1) is 0 Å². The summed E-state index contributed by atoms with van der Waals surface area (Å²) in [5.41, 5.74) is 4.47. The van der Waals surface area contributed by atoms with Crippen molar-refractivity contribution in [2.45, 2.75) is 71.6 Å². The predicted octanol–water partition coefficient (Wildman–Crippen LogP) is 6.70. The van der Waals surface area contributed by atoms with Gasteiger partial charge in [-0.05, 0) is 86.4 Å². The van der Waals surface area contributed by atoms with E-state index in [9.17, 15) is 0 Å². The standard InChI is InChI=1S/C20H30.C2H4/c1-14-7-10-17-16-9-8-15-6-4-5-12-20(15,3)18(16)11-13-19(14,17)2;1-2/h6,16-18H,1,4-5,7-13H2,2-3H3;1-2H2. The smallest absolute Gasteiger partial charge is 0.00853 e. The van der Waals surface area contributed by atoms with Crippen LogP contribution in [0, 0.1) is 28.6 Å². The Hall–Kier alpha value is -0.780. The molecule has 0 aromatic carbocycles. The minimum Gasteiger partial charge on any atom is -0.106 e. The van der Waals surface area contributed by atoms with Crippen LogP contribution in [0.15, 0.2) is 37.0 Å². The lowest BCUT2D eigenvalue weighted by atomic mass is 9.47. The third kappa shape index (κ3) is 2.09. The van der Waals surface area contributed by atoms with Gasteiger partial charge in [-0.3, -0.25) is 0 Å². The van der Waals surface area contributed by atoms with Gasteiger partial charge in [-0.1, -0.05) is 37.6 Å². The summed E-state index contributed by atoms with van der Waals surface area (Å²) >= 11 is 0. The molecule has 4 rings (SSSR count). The summed E-state index contributed by atoms with van der Waals surface area (Å²) in [5.74, 6) is 2.93. The van der Waals surface area contributed by atoms with Gasteiger partial charge in [0.2, 0.25) is 0 Å². The molecule has 5 atom stereocenters. The van der Waals surface area contributed by atoms with Crippen LogP contribution in [0.2, 0.25) is 0 Å². The van der Waals surface area contributed by atoms with Gasteiger partial charge < -0.3 is 0 Å². The Morgan fingerprint density at radius 2 is 1.68 bits per heavy atom. The fourth-order valence-corrected chi connectivity index (χ4v) is 6.66. The molecule has 0 aliphatic heterocycles. The van der Waals surface area contributed by atoms with E-state index in [1.54, 1.807) is 5.57 Å². The molecule has 3 fully saturated rings. The molecular weight excluding hydrogens is 264 g/mol. The molecule has 0 radical (unpaired) electrons. The highest BCUT2D eigenvalue weighted by Crippen LogP contribution is 2.66. The minimum absolute atomic E-state index is 0.493. The molecular formula is C22H34. The van der Waals surface area contributed by atoms with E-state index in [0.717, 1.165) is 17.8 Å². The molecule has 0 heteroatoms. The number of rotatable bonds is 0. The number of hydrogen-bond acceptors (Lipinski definition) is 0. The molecule has 0 saturated heterocycles. The van der Waals surface area contributed by atoms with E-state index >= 15 is 0 Å². The van der Waals surface area contributed by atoms with Crippen molar-refractivity contribution < 1.29 is 0 Å². The first-order chi connectivity index (χ1) is 10.6. The summed E-state index contributed by atoms with van der Waals surface area (Å²) in [6, 6.07) is 0. The fourth-order valence-electron chi connectivity index (χ4n) is 6.66. The van der Waals surface area contributed by atoms with E-state index < -0.39 is 0 Å². The Labute approximate surface area is 137 Å². The number of fused-ring (bicyclic) bond motifs is 5. The second-order valence-electron chi connectivity index (χ2n) is 8.55. The third-order valence-corrected chi connectivity index (χ3v) is 7.98. The molecule has 3 saturated carbocycles. The van der Waals surface area contributed by atoms with Crippen molar-refractivity contribution in [3.8, 4) is 0 Å². The molecule has 4 aliphatic carbocycles. The summed E-state index contributed by atoms with van der Waals surface area (Å²) in [5, 5.41) is 0. The van der Waals surface area contributed by atoms with Crippen molar-refractivity contribution in [1.82, 2.24) is 0 Å². The molecule has 122 valence electrons. The Morgan fingerprint density at radius 1 is 0.955 bits per heavy atom. The summed E-state index contributed by atoms with van der Waals surface area (Å²) in [6.45, 7) is 15.6. The number of hydrogen-bond donors (Lipinski definition) is 0. The average molecular weight is 299 g/mol. The monoisotopic (exact) mass is 298 g/mol. The van der Waals surface area contributed by atoms with E-state index in [1.807, 2.05) is 5.57 Å². The van der Waals surface area contributed by atoms with Crippen LogP contribution >= 0.6 is 0 Å². The van der Waals surface area contributed by atoms with Gasteiger partial charge in [0.1, 0.15) is 0 Å². The van der Waals surface area contributed by atoms with Crippen molar-refractivity contribution in [3.63, 3.8) is 0 Å². The maximum Gasteiger partial charge on any atom is -0.00853 e. The van der Waals surface area contributed by atoms with E-state index in [1.165, 1.54) is 57.8 Å². The summed E-state index contributed by atoms with van der Waals surface area (Å²) in [4.78, 5) is 0. The highest BCUT2D eigenvalue weighted by molar-refractivity contribution is 5.27. The molecule has 0 aromatic heterocycles. The van der Waals surface area contributed by atoms with E-state index in [-0.39, 0.29) is 0 Å². The van der Waals surface area contributed by atoms with Gasteiger partial charge in [0, 0.05) is 0 Å². The van der Waals surface area contributed by atoms with Crippen LogP contribution in [-0.4, -0.2) is 0 Å². The quantitative estimate of drug-likeness (QED) is 0.437. The minimum atomic E-state index is 0.493. The Kier molecular flexibility index (Phi) is 4.16. The van der Waals surface area contributed by atoms with Crippen molar-refractivity contribution in [2.75, 3.05) is 0 Å². The van der Waals surface area contributed by atoms with Gasteiger partial charge in [-0.25, -0.2) is 0 Å². The fraction of sp³-hybridized carbons (Fsp3) is 0.727. The van der Waals surface area contributed by atoms with Crippen LogP contribution < -0.4 is 0 Å². The second kappa shape index (κ2) is 5.69. The van der Waals surface area contributed by atoms with Gasteiger partial charge in [0.25, 0.3) is 0 Å². The molecule has 0 nitrogen and oxygen atoms in total. The van der Waals surface area contributed by atoms with Gasteiger partial charge in [0.15, 0.2) is 0 Å². The lowest BCUT2D eigenvalue weighted by Gasteiger charge is -2.57. The van der Waals surface area contributed by atoms with E-state index in [4.69, 9.17) is 0 Å². The van der Waals surface area contributed by atoms with Gasteiger partial charge >= 0.3 is 0 Å².